The molecule has 0 unspecified atom stereocenters. The molecule has 1 aliphatic heterocycles. The van der Waals surface area contributed by atoms with E-state index in [1.165, 1.54) is 58.2 Å². The van der Waals surface area contributed by atoms with Gasteiger partial charge in [0.1, 0.15) is 0 Å². The van der Waals surface area contributed by atoms with Crippen molar-refractivity contribution >= 4 is 0 Å². The zero-order valence-electron chi connectivity index (χ0n) is 9.83. The summed E-state index contributed by atoms with van der Waals surface area (Å²) in [6.45, 7) is 3.94. The molecule has 15 heavy (non-hydrogen) atoms. The van der Waals surface area contributed by atoms with Crippen LogP contribution in [0.1, 0.15) is 51.4 Å². The van der Waals surface area contributed by atoms with Crippen molar-refractivity contribution in [3.8, 4) is 0 Å². The zero-order chi connectivity index (χ0) is 10.5. The molecular formula is C13H25NO. The summed E-state index contributed by atoms with van der Waals surface area (Å²) < 4.78 is 0. The molecule has 88 valence electrons. The van der Waals surface area contributed by atoms with E-state index in [-0.39, 0.29) is 6.10 Å². The molecule has 0 aromatic heterocycles. The summed E-state index contributed by atoms with van der Waals surface area (Å²) in [6.07, 6.45) is 10.2. The van der Waals surface area contributed by atoms with E-state index in [4.69, 9.17) is 0 Å². The van der Waals surface area contributed by atoms with Crippen LogP contribution in [0.4, 0.5) is 0 Å². The molecule has 0 amide bonds. The Hall–Kier alpha value is -0.0800. The van der Waals surface area contributed by atoms with E-state index >= 15 is 0 Å². The predicted octanol–water partition coefficient (Wildman–Crippen LogP) is 2.41. The first-order valence-corrected chi connectivity index (χ1v) is 6.75. The number of nitrogens with zero attached hydrogens (tertiary/aromatic N) is 1. The van der Waals surface area contributed by atoms with Crippen LogP contribution in [-0.4, -0.2) is 35.7 Å². The summed E-state index contributed by atoms with van der Waals surface area (Å²) in [5, 5.41) is 9.46. The van der Waals surface area contributed by atoms with Crippen LogP contribution in [0.15, 0.2) is 0 Å². The molecule has 0 aromatic rings. The molecule has 0 spiro atoms. The van der Waals surface area contributed by atoms with Crippen molar-refractivity contribution in [3.63, 3.8) is 0 Å². The molecule has 0 bridgehead atoms. The van der Waals surface area contributed by atoms with Crippen LogP contribution < -0.4 is 0 Å². The Morgan fingerprint density at radius 2 is 1.47 bits per heavy atom. The third kappa shape index (κ3) is 3.76. The first-order valence-electron chi connectivity index (χ1n) is 6.75. The quantitative estimate of drug-likeness (QED) is 0.758. The van der Waals surface area contributed by atoms with Crippen molar-refractivity contribution in [2.45, 2.75) is 57.5 Å². The fourth-order valence-corrected chi connectivity index (χ4v) is 3.01. The summed E-state index contributed by atoms with van der Waals surface area (Å²) in [6, 6.07) is 0. The molecule has 1 saturated heterocycles. The third-order valence-electron chi connectivity index (χ3n) is 4.03. The Morgan fingerprint density at radius 1 is 0.867 bits per heavy atom. The highest BCUT2D eigenvalue weighted by Crippen LogP contribution is 2.25. The van der Waals surface area contributed by atoms with Crippen molar-refractivity contribution in [2.75, 3.05) is 19.6 Å². The largest absolute Gasteiger partial charge is 0.393 e. The van der Waals surface area contributed by atoms with E-state index in [0.717, 1.165) is 18.8 Å². The topological polar surface area (TPSA) is 23.5 Å². The van der Waals surface area contributed by atoms with Gasteiger partial charge in [-0.3, -0.25) is 0 Å². The van der Waals surface area contributed by atoms with Gasteiger partial charge >= 0.3 is 0 Å². The Balaban J connectivity index is 1.70. The maximum absolute atomic E-state index is 9.46. The molecule has 2 nitrogen and oxygen atoms in total. The second kappa shape index (κ2) is 5.86. The van der Waals surface area contributed by atoms with E-state index in [1.807, 2.05) is 0 Å². The lowest BCUT2D eigenvalue weighted by Crippen LogP contribution is -2.33. The van der Waals surface area contributed by atoms with Gasteiger partial charge in [0.25, 0.3) is 0 Å². The summed E-state index contributed by atoms with van der Waals surface area (Å²) in [7, 11) is 0. The smallest absolute Gasteiger partial charge is 0.0540 e. The third-order valence-corrected chi connectivity index (χ3v) is 4.03. The number of aliphatic hydroxyl groups is 1. The molecular weight excluding hydrogens is 186 g/mol. The molecule has 1 saturated carbocycles. The van der Waals surface area contributed by atoms with Crippen LogP contribution in [0.3, 0.4) is 0 Å². The van der Waals surface area contributed by atoms with Crippen molar-refractivity contribution in [1.82, 2.24) is 4.90 Å². The highest BCUT2D eigenvalue weighted by Gasteiger charge is 2.21. The van der Waals surface area contributed by atoms with Gasteiger partial charge < -0.3 is 10.0 Å². The van der Waals surface area contributed by atoms with Crippen molar-refractivity contribution in [2.24, 2.45) is 5.92 Å². The van der Waals surface area contributed by atoms with Crippen LogP contribution in [0.5, 0.6) is 0 Å². The molecule has 2 aliphatic rings. The van der Waals surface area contributed by atoms with Gasteiger partial charge in [-0.05, 0) is 57.5 Å². The van der Waals surface area contributed by atoms with E-state index in [1.54, 1.807) is 0 Å². The minimum atomic E-state index is 0.00498. The SMILES string of the molecule is OC1CCC(CN2CCCCCC2)CC1. The summed E-state index contributed by atoms with van der Waals surface area (Å²) in [4.78, 5) is 2.66. The normalized spacial score (nSPS) is 35.0. The molecule has 0 aromatic carbocycles. The van der Waals surface area contributed by atoms with Gasteiger partial charge in [-0.15, -0.1) is 0 Å². The van der Waals surface area contributed by atoms with E-state index in [9.17, 15) is 5.11 Å². The van der Waals surface area contributed by atoms with E-state index in [0.29, 0.717) is 0 Å². The molecule has 1 N–H and O–H groups in total. The van der Waals surface area contributed by atoms with Gasteiger partial charge in [-0.25, -0.2) is 0 Å². The summed E-state index contributed by atoms with van der Waals surface area (Å²) in [5.74, 6) is 0.867. The first-order chi connectivity index (χ1) is 7.34. The second-order valence-electron chi connectivity index (χ2n) is 5.39. The van der Waals surface area contributed by atoms with Crippen LogP contribution in [0, 0.1) is 5.92 Å². The molecule has 1 heterocycles. The molecule has 2 rings (SSSR count). The fourth-order valence-electron chi connectivity index (χ4n) is 3.01. The second-order valence-corrected chi connectivity index (χ2v) is 5.39. The summed E-state index contributed by atoms with van der Waals surface area (Å²) >= 11 is 0. The van der Waals surface area contributed by atoms with Gasteiger partial charge in [-0.1, -0.05) is 12.8 Å². The Labute approximate surface area is 93.7 Å². The lowest BCUT2D eigenvalue weighted by atomic mass is 9.87. The predicted molar refractivity (Wildman–Crippen MR) is 62.9 cm³/mol. The maximum atomic E-state index is 9.46. The first kappa shape index (κ1) is 11.4. The van der Waals surface area contributed by atoms with Gasteiger partial charge in [-0.2, -0.15) is 0 Å². The van der Waals surface area contributed by atoms with Gasteiger partial charge in [0.2, 0.25) is 0 Å². The molecule has 2 fully saturated rings. The van der Waals surface area contributed by atoms with Crippen molar-refractivity contribution < 1.29 is 5.11 Å². The number of aliphatic hydroxyl groups excluding tert-OH is 1. The molecule has 0 radical (unpaired) electrons. The molecule has 0 atom stereocenters. The van der Waals surface area contributed by atoms with Crippen molar-refractivity contribution in [1.29, 1.82) is 0 Å². The average Bonchev–Trinajstić information content (AvgIpc) is 2.50. The number of hydrogen-bond donors (Lipinski definition) is 1. The Morgan fingerprint density at radius 3 is 2.07 bits per heavy atom. The van der Waals surface area contributed by atoms with Crippen LogP contribution in [0.2, 0.25) is 0 Å². The van der Waals surface area contributed by atoms with E-state index in [2.05, 4.69) is 4.90 Å². The molecule has 2 heteroatoms. The highest BCUT2D eigenvalue weighted by atomic mass is 16.3. The fraction of sp³-hybridized carbons (Fsp3) is 1.00. The number of likely N-dealkylation sites (tertiary alicyclic amines) is 1. The Kier molecular flexibility index (Phi) is 4.45. The number of hydrogen-bond acceptors (Lipinski definition) is 2. The Bertz CT molecular complexity index is 167. The molecule has 1 aliphatic carbocycles. The lowest BCUT2D eigenvalue weighted by Gasteiger charge is -2.30. The monoisotopic (exact) mass is 211 g/mol. The van der Waals surface area contributed by atoms with Gasteiger partial charge in [0.05, 0.1) is 6.10 Å². The number of rotatable bonds is 2. The maximum Gasteiger partial charge on any atom is 0.0540 e. The zero-order valence-corrected chi connectivity index (χ0v) is 9.83. The van der Waals surface area contributed by atoms with Crippen LogP contribution >= 0.6 is 0 Å². The minimum Gasteiger partial charge on any atom is -0.393 e. The standard InChI is InChI=1S/C13H25NO/c15-13-7-5-12(6-8-13)11-14-9-3-1-2-4-10-14/h12-13,15H,1-11H2. The van der Waals surface area contributed by atoms with Crippen molar-refractivity contribution in [3.05, 3.63) is 0 Å². The average molecular weight is 211 g/mol. The van der Waals surface area contributed by atoms with E-state index < -0.39 is 0 Å². The van der Waals surface area contributed by atoms with Gasteiger partial charge in [0, 0.05) is 6.54 Å². The highest BCUT2D eigenvalue weighted by molar-refractivity contribution is 4.75. The minimum absolute atomic E-state index is 0.00498. The van der Waals surface area contributed by atoms with Crippen LogP contribution in [-0.2, 0) is 0 Å². The van der Waals surface area contributed by atoms with Crippen LogP contribution in [0.25, 0.3) is 0 Å². The van der Waals surface area contributed by atoms with Gasteiger partial charge in [0.15, 0.2) is 0 Å². The summed E-state index contributed by atoms with van der Waals surface area (Å²) in [5.41, 5.74) is 0. The lowest BCUT2D eigenvalue weighted by molar-refractivity contribution is 0.0943.